The highest BCUT2D eigenvalue weighted by Crippen LogP contribution is 2.42. The molecule has 0 spiro atoms. The molecule has 0 radical (unpaired) electrons. The lowest BCUT2D eigenvalue weighted by atomic mass is 9.87. The number of rotatable bonds is 6. The average Bonchev–Trinajstić information content (AvgIpc) is 2.94. The van der Waals surface area contributed by atoms with Crippen molar-refractivity contribution in [2.24, 2.45) is 11.1 Å². The maximum absolute atomic E-state index is 13.4. The molecular formula is C27H33F6N3O. The number of benzene rings is 2. The molecule has 0 aliphatic carbocycles. The Kier molecular flexibility index (Phi) is 7.58. The second-order valence-electron chi connectivity index (χ2n) is 10.7. The predicted octanol–water partition coefficient (Wildman–Crippen LogP) is 6.44. The van der Waals surface area contributed by atoms with Crippen molar-refractivity contribution in [3.8, 4) is 0 Å². The molecule has 37 heavy (non-hydrogen) atoms. The molecule has 1 atom stereocenters. The topological polar surface area (TPSA) is 41.7 Å². The van der Waals surface area contributed by atoms with E-state index in [2.05, 4.69) is 24.0 Å². The first-order chi connectivity index (χ1) is 17.2. The van der Waals surface area contributed by atoms with Gasteiger partial charge in [0.15, 0.2) is 0 Å². The van der Waals surface area contributed by atoms with Crippen molar-refractivity contribution in [2.45, 2.75) is 58.6 Å². The van der Waals surface area contributed by atoms with Crippen LogP contribution < -0.4 is 10.6 Å². The van der Waals surface area contributed by atoms with Crippen molar-refractivity contribution in [1.29, 1.82) is 0 Å². The van der Waals surface area contributed by atoms with Gasteiger partial charge in [0.05, 0.1) is 24.3 Å². The predicted molar refractivity (Wildman–Crippen MR) is 130 cm³/mol. The van der Waals surface area contributed by atoms with E-state index in [0.29, 0.717) is 19.6 Å². The summed E-state index contributed by atoms with van der Waals surface area (Å²) in [5, 5.41) is 0. The Labute approximate surface area is 213 Å². The summed E-state index contributed by atoms with van der Waals surface area (Å²) in [4.78, 5) is 4.14. The molecule has 1 fully saturated rings. The summed E-state index contributed by atoms with van der Waals surface area (Å²) in [6.07, 6.45) is -8.30. The quantitative estimate of drug-likeness (QED) is 0.346. The third-order valence-electron chi connectivity index (χ3n) is 7.24. The Bertz CT molecular complexity index is 1090. The first-order valence-electron chi connectivity index (χ1n) is 12.4. The molecule has 2 aromatic rings. The summed E-state index contributed by atoms with van der Waals surface area (Å²) in [5.74, 6) is 0. The molecule has 204 valence electrons. The zero-order chi connectivity index (χ0) is 27.2. The number of aryl methyl sites for hydroxylation is 2. The van der Waals surface area contributed by atoms with Gasteiger partial charge in [-0.1, -0.05) is 24.6 Å². The van der Waals surface area contributed by atoms with Gasteiger partial charge in [-0.2, -0.15) is 26.3 Å². The minimum absolute atomic E-state index is 0.0136. The smallest absolute Gasteiger partial charge is 0.380 e. The van der Waals surface area contributed by atoms with Gasteiger partial charge in [0.1, 0.15) is 0 Å². The second kappa shape index (κ2) is 10.1. The van der Waals surface area contributed by atoms with Crippen LogP contribution in [0.25, 0.3) is 0 Å². The van der Waals surface area contributed by atoms with Gasteiger partial charge < -0.3 is 15.4 Å². The van der Waals surface area contributed by atoms with Gasteiger partial charge in [0.2, 0.25) is 0 Å². The summed E-state index contributed by atoms with van der Waals surface area (Å²) in [5.41, 5.74) is 7.64. The van der Waals surface area contributed by atoms with Gasteiger partial charge >= 0.3 is 12.4 Å². The Balaban J connectivity index is 1.72. The highest BCUT2D eigenvalue weighted by Gasteiger charge is 2.39. The van der Waals surface area contributed by atoms with Crippen molar-refractivity contribution in [1.82, 2.24) is 4.90 Å². The summed E-state index contributed by atoms with van der Waals surface area (Å²) >= 11 is 0. The van der Waals surface area contributed by atoms with E-state index in [1.54, 1.807) is 4.90 Å². The van der Waals surface area contributed by atoms with Crippen molar-refractivity contribution >= 4 is 5.69 Å². The fourth-order valence-corrected chi connectivity index (χ4v) is 5.61. The number of nitrogens with two attached hydrogens (primary N) is 1. The van der Waals surface area contributed by atoms with E-state index in [1.807, 2.05) is 13.8 Å². The van der Waals surface area contributed by atoms with Crippen LogP contribution in [-0.2, 0) is 23.6 Å². The van der Waals surface area contributed by atoms with Crippen molar-refractivity contribution in [3.05, 3.63) is 63.7 Å². The fourth-order valence-electron chi connectivity index (χ4n) is 5.61. The van der Waals surface area contributed by atoms with Crippen LogP contribution in [0, 0.1) is 19.3 Å². The molecule has 0 bridgehead atoms. The fraction of sp³-hybridized carbons (Fsp3) is 0.556. The lowest BCUT2D eigenvalue weighted by Crippen LogP contribution is -2.49. The minimum atomic E-state index is -4.89. The molecule has 0 aromatic heterocycles. The van der Waals surface area contributed by atoms with Gasteiger partial charge in [-0.15, -0.1) is 0 Å². The molecular weight excluding hydrogens is 496 g/mol. The van der Waals surface area contributed by atoms with E-state index in [-0.39, 0.29) is 36.3 Å². The summed E-state index contributed by atoms with van der Waals surface area (Å²) in [6.45, 7) is 9.02. The van der Waals surface area contributed by atoms with Gasteiger partial charge in [-0.05, 0) is 61.6 Å². The van der Waals surface area contributed by atoms with E-state index in [0.717, 1.165) is 54.0 Å². The summed E-state index contributed by atoms with van der Waals surface area (Å²) in [7, 11) is 0. The number of nitrogens with zero attached hydrogens (tertiary/aromatic N) is 2. The molecule has 0 saturated carbocycles. The molecule has 10 heteroatoms. The third kappa shape index (κ3) is 6.07. The van der Waals surface area contributed by atoms with Gasteiger partial charge in [0, 0.05) is 43.4 Å². The zero-order valence-corrected chi connectivity index (χ0v) is 21.3. The van der Waals surface area contributed by atoms with Crippen LogP contribution in [0.5, 0.6) is 0 Å². The monoisotopic (exact) mass is 529 g/mol. The molecule has 0 amide bonds. The number of alkyl halides is 6. The molecule has 2 aromatic carbocycles. The molecule has 1 unspecified atom stereocenters. The number of halogens is 6. The van der Waals surface area contributed by atoms with Crippen LogP contribution in [0.2, 0.25) is 0 Å². The van der Waals surface area contributed by atoms with Gasteiger partial charge in [0.25, 0.3) is 0 Å². The highest BCUT2D eigenvalue weighted by atomic mass is 19.4. The molecule has 2 heterocycles. The number of hydrogen-bond donors (Lipinski definition) is 1. The van der Waals surface area contributed by atoms with Crippen molar-refractivity contribution in [2.75, 3.05) is 37.9 Å². The van der Waals surface area contributed by atoms with E-state index >= 15 is 0 Å². The molecule has 2 aliphatic rings. The Morgan fingerprint density at radius 1 is 1.00 bits per heavy atom. The van der Waals surface area contributed by atoms with E-state index in [9.17, 15) is 26.3 Å². The second-order valence-corrected chi connectivity index (χ2v) is 10.7. The number of fused-ring (bicyclic) bond motifs is 1. The zero-order valence-electron chi connectivity index (χ0n) is 21.3. The lowest BCUT2D eigenvalue weighted by molar-refractivity contribution is -0.143. The van der Waals surface area contributed by atoms with Gasteiger partial charge in [-0.25, -0.2) is 0 Å². The van der Waals surface area contributed by atoms with E-state index < -0.39 is 23.5 Å². The van der Waals surface area contributed by atoms with Crippen LogP contribution in [0.1, 0.15) is 59.2 Å². The first-order valence-corrected chi connectivity index (χ1v) is 12.4. The maximum atomic E-state index is 13.4. The average molecular weight is 530 g/mol. The maximum Gasteiger partial charge on any atom is 0.416 e. The van der Waals surface area contributed by atoms with Crippen LogP contribution in [-0.4, -0.2) is 37.9 Å². The third-order valence-corrected chi connectivity index (χ3v) is 7.24. The van der Waals surface area contributed by atoms with E-state index in [4.69, 9.17) is 10.5 Å². The van der Waals surface area contributed by atoms with Crippen LogP contribution >= 0.6 is 0 Å². The normalized spacial score (nSPS) is 20.0. The Hall–Kier alpha value is -2.30. The molecule has 4 nitrogen and oxygen atoms in total. The van der Waals surface area contributed by atoms with E-state index in [1.165, 1.54) is 0 Å². The van der Waals surface area contributed by atoms with Crippen molar-refractivity contribution < 1.29 is 31.1 Å². The number of ether oxygens (including phenoxy) is 1. The molecule has 2 aliphatic heterocycles. The first kappa shape index (κ1) is 27.7. The van der Waals surface area contributed by atoms with Crippen LogP contribution in [0.15, 0.2) is 30.3 Å². The number of anilines is 1. The van der Waals surface area contributed by atoms with Crippen molar-refractivity contribution in [3.63, 3.8) is 0 Å². The summed E-state index contributed by atoms with van der Waals surface area (Å²) in [6, 6.07) is 5.66. The highest BCUT2D eigenvalue weighted by molar-refractivity contribution is 5.63. The molecule has 4 rings (SSSR count). The largest absolute Gasteiger partial charge is 0.416 e. The standard InChI is InChI=1S/C27H33F6N3O/c1-17-7-18(2)24-22(8-17)23(5-4-6-35(24)13-25(3)14-37-15-25)36(16-34)12-19-9-20(26(28,29)30)11-21(10-19)27(31,32)33/h7-11,23H,4-6,12-16,34H2,1-3H3. The molecule has 1 saturated heterocycles. The summed E-state index contributed by atoms with van der Waals surface area (Å²) < 4.78 is 86.1. The number of hydrogen-bond acceptors (Lipinski definition) is 4. The van der Waals surface area contributed by atoms with Gasteiger partial charge in [-0.3, -0.25) is 4.90 Å². The SMILES string of the molecule is Cc1cc(C)c2c(c1)C(N(CN)Cc1cc(C(F)(F)F)cc(C(F)(F)F)c1)CCCN2CC1(C)COC1. The Morgan fingerprint density at radius 3 is 2.14 bits per heavy atom. The molecule has 2 N–H and O–H groups in total. The minimum Gasteiger partial charge on any atom is -0.380 e. The lowest BCUT2D eigenvalue weighted by Gasteiger charge is -2.43. The van der Waals surface area contributed by atoms with Crippen LogP contribution in [0.4, 0.5) is 32.0 Å². The van der Waals surface area contributed by atoms with Crippen LogP contribution in [0.3, 0.4) is 0 Å². The Morgan fingerprint density at radius 2 is 1.62 bits per heavy atom.